The van der Waals surface area contributed by atoms with Crippen molar-refractivity contribution in [2.24, 2.45) is 5.92 Å². The SMILES string of the molecule is O=C(OCC(=O)C1CCOCC1)c1cc(Br)c2occc2c1. The van der Waals surface area contributed by atoms with E-state index in [0.29, 0.717) is 41.7 Å². The summed E-state index contributed by atoms with van der Waals surface area (Å²) < 4.78 is 16.3. The van der Waals surface area contributed by atoms with E-state index < -0.39 is 5.97 Å². The lowest BCUT2D eigenvalue weighted by Gasteiger charge is -2.20. The van der Waals surface area contributed by atoms with E-state index in [1.807, 2.05) is 0 Å². The van der Waals surface area contributed by atoms with Gasteiger partial charge >= 0.3 is 5.97 Å². The number of furan rings is 1. The Hall–Kier alpha value is -1.66. The zero-order valence-corrected chi connectivity index (χ0v) is 13.4. The minimum atomic E-state index is -0.510. The Morgan fingerprint density at radius 2 is 2.05 bits per heavy atom. The van der Waals surface area contributed by atoms with Crippen molar-refractivity contribution < 1.29 is 23.5 Å². The first-order valence-corrected chi connectivity index (χ1v) is 7.89. The molecule has 3 rings (SSSR count). The second-order valence-corrected chi connectivity index (χ2v) is 6.08. The number of esters is 1. The van der Waals surface area contributed by atoms with E-state index in [1.54, 1.807) is 24.5 Å². The van der Waals surface area contributed by atoms with Crippen molar-refractivity contribution in [1.82, 2.24) is 0 Å². The second-order valence-electron chi connectivity index (χ2n) is 5.23. The minimum absolute atomic E-state index is 0.0416. The average Bonchev–Trinajstić information content (AvgIpc) is 3.02. The molecule has 0 bridgehead atoms. The highest BCUT2D eigenvalue weighted by atomic mass is 79.9. The molecular weight excluding hydrogens is 352 g/mol. The summed E-state index contributed by atoms with van der Waals surface area (Å²) in [6.07, 6.45) is 2.95. The molecule has 1 fully saturated rings. The molecule has 0 saturated carbocycles. The number of Topliss-reactive ketones (excluding diaryl/α,β-unsaturated/α-hetero) is 1. The molecule has 1 aliphatic rings. The van der Waals surface area contributed by atoms with Gasteiger partial charge in [-0.25, -0.2) is 4.79 Å². The number of ketones is 1. The predicted molar refractivity (Wildman–Crippen MR) is 82.7 cm³/mol. The summed E-state index contributed by atoms with van der Waals surface area (Å²) in [5.41, 5.74) is 1.07. The molecule has 0 aliphatic carbocycles. The fraction of sp³-hybridized carbons (Fsp3) is 0.375. The molecule has 1 aromatic carbocycles. The Bertz CT molecular complexity index is 700. The van der Waals surface area contributed by atoms with Crippen LogP contribution in [0, 0.1) is 5.92 Å². The molecule has 2 heterocycles. The Morgan fingerprint density at radius 3 is 2.82 bits per heavy atom. The van der Waals surface area contributed by atoms with Gasteiger partial charge in [0, 0.05) is 24.5 Å². The molecule has 1 aliphatic heterocycles. The van der Waals surface area contributed by atoms with Gasteiger partial charge in [0.1, 0.15) is 5.58 Å². The van der Waals surface area contributed by atoms with Gasteiger partial charge in [0.2, 0.25) is 0 Å². The number of carbonyl (C=O) groups is 2. The molecule has 1 aromatic heterocycles. The molecule has 6 heteroatoms. The highest BCUT2D eigenvalue weighted by Crippen LogP contribution is 2.27. The number of ether oxygens (including phenoxy) is 2. The van der Waals surface area contributed by atoms with Gasteiger partial charge in [0.25, 0.3) is 0 Å². The Morgan fingerprint density at radius 1 is 1.27 bits per heavy atom. The van der Waals surface area contributed by atoms with Crippen molar-refractivity contribution in [2.75, 3.05) is 19.8 Å². The van der Waals surface area contributed by atoms with Gasteiger partial charge in [-0.2, -0.15) is 0 Å². The average molecular weight is 367 g/mol. The third-order valence-corrected chi connectivity index (χ3v) is 4.35. The van der Waals surface area contributed by atoms with E-state index >= 15 is 0 Å². The van der Waals surface area contributed by atoms with E-state index in [2.05, 4.69) is 15.9 Å². The minimum Gasteiger partial charge on any atom is -0.463 e. The third-order valence-electron chi connectivity index (χ3n) is 3.76. The topological polar surface area (TPSA) is 65.7 Å². The number of rotatable bonds is 4. The maximum absolute atomic E-state index is 12.1. The first kappa shape index (κ1) is 15.2. The zero-order valence-electron chi connectivity index (χ0n) is 11.8. The highest BCUT2D eigenvalue weighted by Gasteiger charge is 2.23. The van der Waals surface area contributed by atoms with Crippen LogP contribution in [-0.4, -0.2) is 31.6 Å². The van der Waals surface area contributed by atoms with Crippen LogP contribution >= 0.6 is 15.9 Å². The van der Waals surface area contributed by atoms with Crippen LogP contribution in [-0.2, 0) is 14.3 Å². The van der Waals surface area contributed by atoms with Crippen LogP contribution in [0.3, 0.4) is 0 Å². The van der Waals surface area contributed by atoms with Crippen LogP contribution in [0.1, 0.15) is 23.2 Å². The smallest absolute Gasteiger partial charge is 0.338 e. The molecule has 0 atom stereocenters. The van der Waals surface area contributed by atoms with Gasteiger partial charge in [0.15, 0.2) is 12.4 Å². The summed E-state index contributed by atoms with van der Waals surface area (Å²) in [5, 5.41) is 0.803. The highest BCUT2D eigenvalue weighted by molar-refractivity contribution is 9.10. The Kier molecular flexibility index (Phi) is 4.59. The fourth-order valence-corrected chi connectivity index (χ4v) is 3.08. The van der Waals surface area contributed by atoms with Gasteiger partial charge < -0.3 is 13.9 Å². The van der Waals surface area contributed by atoms with Crippen LogP contribution in [0.4, 0.5) is 0 Å². The van der Waals surface area contributed by atoms with Crippen LogP contribution in [0.25, 0.3) is 11.0 Å². The number of benzene rings is 1. The fourth-order valence-electron chi connectivity index (χ4n) is 2.51. The van der Waals surface area contributed by atoms with Crippen LogP contribution in [0.15, 0.2) is 33.4 Å². The van der Waals surface area contributed by atoms with Crippen LogP contribution in [0.5, 0.6) is 0 Å². The summed E-state index contributed by atoms with van der Waals surface area (Å²) in [6, 6.07) is 5.09. The lowest BCUT2D eigenvalue weighted by atomic mass is 9.96. The first-order valence-electron chi connectivity index (χ1n) is 7.09. The largest absolute Gasteiger partial charge is 0.463 e. The monoisotopic (exact) mass is 366 g/mol. The first-order chi connectivity index (χ1) is 10.6. The van der Waals surface area contributed by atoms with Crippen LogP contribution in [0.2, 0.25) is 0 Å². The van der Waals surface area contributed by atoms with E-state index in [0.717, 1.165) is 5.39 Å². The van der Waals surface area contributed by atoms with Gasteiger partial charge in [-0.05, 0) is 47.0 Å². The second kappa shape index (κ2) is 6.62. The molecule has 0 N–H and O–H groups in total. The van der Waals surface area contributed by atoms with E-state index in [-0.39, 0.29) is 18.3 Å². The molecule has 0 unspecified atom stereocenters. The lowest BCUT2D eigenvalue weighted by Crippen LogP contribution is -2.27. The lowest BCUT2D eigenvalue weighted by molar-refractivity contribution is -0.128. The van der Waals surface area contributed by atoms with E-state index in [1.165, 1.54) is 0 Å². The molecule has 0 spiro atoms. The number of hydrogen-bond acceptors (Lipinski definition) is 5. The number of halogens is 1. The summed E-state index contributed by atoms with van der Waals surface area (Å²) in [7, 11) is 0. The van der Waals surface area contributed by atoms with Crippen molar-refractivity contribution in [3.05, 3.63) is 34.5 Å². The molecule has 22 heavy (non-hydrogen) atoms. The van der Waals surface area contributed by atoms with Crippen molar-refractivity contribution in [1.29, 1.82) is 0 Å². The Balaban J connectivity index is 1.64. The van der Waals surface area contributed by atoms with Gasteiger partial charge in [-0.3, -0.25) is 4.79 Å². The zero-order chi connectivity index (χ0) is 15.5. The maximum Gasteiger partial charge on any atom is 0.338 e. The summed E-state index contributed by atoms with van der Waals surface area (Å²) in [5.74, 6) is -0.617. The van der Waals surface area contributed by atoms with E-state index in [9.17, 15) is 9.59 Å². The predicted octanol–water partition coefficient (Wildman–Crippen LogP) is 3.35. The molecule has 1 saturated heterocycles. The number of carbonyl (C=O) groups excluding carboxylic acids is 2. The summed E-state index contributed by atoms with van der Waals surface area (Å²) in [6.45, 7) is 0.994. The summed E-state index contributed by atoms with van der Waals surface area (Å²) in [4.78, 5) is 24.1. The molecule has 2 aromatic rings. The molecule has 0 amide bonds. The van der Waals surface area contributed by atoms with Crippen molar-refractivity contribution >= 4 is 38.7 Å². The quantitative estimate of drug-likeness (QED) is 0.776. The van der Waals surface area contributed by atoms with Gasteiger partial charge in [0.05, 0.1) is 16.3 Å². The normalized spacial score (nSPS) is 15.9. The molecule has 0 radical (unpaired) electrons. The maximum atomic E-state index is 12.1. The van der Waals surface area contributed by atoms with Gasteiger partial charge in [-0.1, -0.05) is 0 Å². The van der Waals surface area contributed by atoms with Crippen molar-refractivity contribution in [2.45, 2.75) is 12.8 Å². The number of hydrogen-bond donors (Lipinski definition) is 0. The Labute approximate surface area is 135 Å². The number of fused-ring (bicyclic) bond motifs is 1. The van der Waals surface area contributed by atoms with Crippen molar-refractivity contribution in [3.8, 4) is 0 Å². The standard InChI is InChI=1S/C16H15BrO5/c17-13-8-12(7-11-3-6-21-15(11)13)16(19)22-9-14(18)10-1-4-20-5-2-10/h3,6-8,10H,1-2,4-5,9H2. The molecule has 116 valence electrons. The van der Waals surface area contributed by atoms with Crippen LogP contribution < -0.4 is 0 Å². The van der Waals surface area contributed by atoms with Gasteiger partial charge in [-0.15, -0.1) is 0 Å². The van der Waals surface area contributed by atoms with Crippen molar-refractivity contribution in [3.63, 3.8) is 0 Å². The molecular formula is C16H15BrO5. The third kappa shape index (κ3) is 3.23. The summed E-state index contributed by atoms with van der Waals surface area (Å²) >= 11 is 3.36. The van der Waals surface area contributed by atoms with E-state index in [4.69, 9.17) is 13.9 Å². The molecule has 5 nitrogen and oxygen atoms in total.